The summed E-state index contributed by atoms with van der Waals surface area (Å²) in [7, 11) is 0. The second-order valence-corrected chi connectivity index (χ2v) is 4.93. The van der Waals surface area contributed by atoms with Crippen LogP contribution < -0.4 is 0 Å². The molecule has 0 fully saturated rings. The molecule has 0 radical (unpaired) electrons. The Balaban J connectivity index is 2.48. The number of hydrogen-bond donors (Lipinski definition) is 1. The summed E-state index contributed by atoms with van der Waals surface area (Å²) in [5.74, 6) is 0.150. The van der Waals surface area contributed by atoms with Gasteiger partial charge in [0.05, 0.1) is 11.3 Å². The van der Waals surface area contributed by atoms with Gasteiger partial charge in [0.25, 0.3) is 0 Å². The lowest BCUT2D eigenvalue weighted by Crippen LogP contribution is -2.03. The first-order valence-corrected chi connectivity index (χ1v) is 7.03. The predicted octanol–water partition coefficient (Wildman–Crippen LogP) is 3.93. The van der Waals surface area contributed by atoms with Crippen molar-refractivity contribution in [2.45, 2.75) is 46.6 Å². The van der Waals surface area contributed by atoms with Crippen LogP contribution in [-0.2, 0) is 13.0 Å². The molecule has 1 aromatic heterocycles. The molecule has 0 atom stereocenters. The van der Waals surface area contributed by atoms with Crippen LogP contribution in [0.2, 0.25) is 0 Å². The van der Waals surface area contributed by atoms with Crippen LogP contribution in [0, 0.1) is 6.92 Å². The van der Waals surface area contributed by atoms with Crippen molar-refractivity contribution in [3.05, 3.63) is 35.5 Å². The number of rotatable bonds is 5. The Morgan fingerprint density at radius 1 is 1.16 bits per heavy atom. The number of aromatic hydroxyl groups is 1. The molecule has 1 heterocycles. The number of unbranched alkanes of at least 4 members (excludes halogenated alkanes) is 1. The highest BCUT2D eigenvalue weighted by atomic mass is 16.3. The lowest BCUT2D eigenvalue weighted by atomic mass is 10.0. The molecule has 0 unspecified atom stereocenters. The number of nitrogens with zero attached hydrogens (tertiary/aromatic N) is 2. The maximum Gasteiger partial charge on any atom is 0.238 e. The van der Waals surface area contributed by atoms with Crippen LogP contribution in [-0.4, -0.2) is 14.9 Å². The monoisotopic (exact) mass is 258 g/mol. The van der Waals surface area contributed by atoms with Gasteiger partial charge in [0.15, 0.2) is 0 Å². The van der Waals surface area contributed by atoms with Crippen LogP contribution in [0.5, 0.6) is 5.88 Å². The van der Waals surface area contributed by atoms with Gasteiger partial charge < -0.3 is 5.11 Å². The maximum absolute atomic E-state index is 10.1. The van der Waals surface area contributed by atoms with Crippen LogP contribution in [0.1, 0.15) is 37.9 Å². The van der Waals surface area contributed by atoms with Crippen LogP contribution >= 0.6 is 0 Å². The van der Waals surface area contributed by atoms with E-state index in [2.05, 4.69) is 50.1 Å². The summed E-state index contributed by atoms with van der Waals surface area (Å²) in [6.45, 7) is 7.09. The van der Waals surface area contributed by atoms with Gasteiger partial charge in [-0.15, -0.1) is 5.10 Å². The van der Waals surface area contributed by atoms with Gasteiger partial charge in [-0.05, 0) is 32.3 Å². The van der Waals surface area contributed by atoms with Gasteiger partial charge in [-0.1, -0.05) is 43.2 Å². The molecule has 1 N–H and O–H groups in total. The third-order valence-corrected chi connectivity index (χ3v) is 3.45. The van der Waals surface area contributed by atoms with E-state index in [1.807, 2.05) is 4.68 Å². The van der Waals surface area contributed by atoms with Crippen molar-refractivity contribution in [2.75, 3.05) is 0 Å². The van der Waals surface area contributed by atoms with Crippen molar-refractivity contribution in [1.29, 1.82) is 0 Å². The molecule has 3 heteroatoms. The Kier molecular flexibility index (Phi) is 4.25. The van der Waals surface area contributed by atoms with Crippen molar-refractivity contribution in [2.24, 2.45) is 0 Å². The summed E-state index contributed by atoms with van der Waals surface area (Å²) in [6.07, 6.45) is 3.22. The van der Waals surface area contributed by atoms with E-state index in [0.29, 0.717) is 0 Å². The lowest BCUT2D eigenvalue weighted by Gasteiger charge is -2.07. The molecular weight excluding hydrogens is 236 g/mol. The fourth-order valence-corrected chi connectivity index (χ4v) is 2.36. The van der Waals surface area contributed by atoms with E-state index >= 15 is 0 Å². The van der Waals surface area contributed by atoms with E-state index in [0.717, 1.165) is 42.6 Å². The number of aryl methyl sites for hydroxylation is 2. The van der Waals surface area contributed by atoms with Gasteiger partial charge in [0.2, 0.25) is 5.88 Å². The van der Waals surface area contributed by atoms with Crippen LogP contribution in [0.15, 0.2) is 24.3 Å². The fourth-order valence-electron chi connectivity index (χ4n) is 2.36. The predicted molar refractivity (Wildman–Crippen MR) is 78.4 cm³/mol. The Morgan fingerprint density at radius 2 is 1.84 bits per heavy atom. The molecule has 2 aromatic rings. The molecule has 1 aromatic carbocycles. The molecule has 0 saturated carbocycles. The molecule has 19 heavy (non-hydrogen) atoms. The molecule has 2 rings (SSSR count). The summed E-state index contributed by atoms with van der Waals surface area (Å²) < 4.78 is 1.92. The van der Waals surface area contributed by atoms with Crippen molar-refractivity contribution in [1.82, 2.24) is 9.78 Å². The van der Waals surface area contributed by atoms with Gasteiger partial charge >= 0.3 is 0 Å². The molecule has 3 nitrogen and oxygen atoms in total. The highest BCUT2D eigenvalue weighted by Crippen LogP contribution is 2.33. The van der Waals surface area contributed by atoms with E-state index in [1.165, 1.54) is 5.56 Å². The van der Waals surface area contributed by atoms with Gasteiger partial charge in [-0.2, -0.15) is 0 Å². The molecule has 0 aliphatic rings. The normalized spacial score (nSPS) is 10.9. The fraction of sp³-hybridized carbons (Fsp3) is 0.438. The molecule has 102 valence electrons. The van der Waals surface area contributed by atoms with Crippen LogP contribution in [0.4, 0.5) is 0 Å². The van der Waals surface area contributed by atoms with E-state index in [4.69, 9.17) is 0 Å². The Morgan fingerprint density at radius 3 is 2.42 bits per heavy atom. The zero-order chi connectivity index (χ0) is 13.8. The Labute approximate surface area is 114 Å². The van der Waals surface area contributed by atoms with Gasteiger partial charge in [0, 0.05) is 6.54 Å². The third-order valence-electron chi connectivity index (χ3n) is 3.45. The average Bonchev–Trinajstić information content (AvgIpc) is 2.73. The van der Waals surface area contributed by atoms with E-state index < -0.39 is 0 Å². The summed E-state index contributed by atoms with van der Waals surface area (Å²) >= 11 is 0. The minimum absolute atomic E-state index is 0.150. The summed E-state index contributed by atoms with van der Waals surface area (Å²) in [5.41, 5.74) is 4.32. The number of benzene rings is 1. The largest absolute Gasteiger partial charge is 0.492 e. The second-order valence-electron chi connectivity index (χ2n) is 4.93. The molecule has 0 bridgehead atoms. The minimum atomic E-state index is 0.150. The number of aromatic nitrogens is 2. The standard InChI is InChI=1S/C16H22N2O/c1-4-6-7-14-15(16(19)17-18(14)5-2)13-10-8-12(3)9-11-13/h8-11H,4-7H2,1-3H3,(H,17,19). The SMILES string of the molecule is CCCCc1c(-c2ccc(C)cc2)c(O)nn1CC. The molecule has 0 amide bonds. The van der Waals surface area contributed by atoms with Crippen molar-refractivity contribution < 1.29 is 5.11 Å². The zero-order valence-electron chi connectivity index (χ0n) is 12.0. The van der Waals surface area contributed by atoms with Crippen molar-refractivity contribution in [3.8, 4) is 17.0 Å². The van der Waals surface area contributed by atoms with Gasteiger partial charge in [-0.25, -0.2) is 0 Å². The molecular formula is C16H22N2O. The van der Waals surface area contributed by atoms with Crippen molar-refractivity contribution >= 4 is 0 Å². The first kappa shape index (κ1) is 13.7. The van der Waals surface area contributed by atoms with Gasteiger partial charge in [-0.3, -0.25) is 4.68 Å². The first-order chi connectivity index (χ1) is 9.17. The summed E-state index contributed by atoms with van der Waals surface area (Å²) in [4.78, 5) is 0. The third kappa shape index (κ3) is 2.80. The average molecular weight is 258 g/mol. The van der Waals surface area contributed by atoms with E-state index in [1.54, 1.807) is 0 Å². The maximum atomic E-state index is 10.1. The van der Waals surface area contributed by atoms with Crippen LogP contribution in [0.25, 0.3) is 11.1 Å². The topological polar surface area (TPSA) is 38.1 Å². The van der Waals surface area contributed by atoms with E-state index in [9.17, 15) is 5.11 Å². The molecule has 0 aliphatic heterocycles. The quantitative estimate of drug-likeness (QED) is 0.882. The zero-order valence-corrected chi connectivity index (χ0v) is 12.0. The number of hydrogen-bond acceptors (Lipinski definition) is 2. The Hall–Kier alpha value is -1.77. The van der Waals surface area contributed by atoms with E-state index in [-0.39, 0.29) is 5.88 Å². The smallest absolute Gasteiger partial charge is 0.238 e. The highest BCUT2D eigenvalue weighted by Gasteiger charge is 2.17. The second kappa shape index (κ2) is 5.91. The minimum Gasteiger partial charge on any atom is -0.492 e. The Bertz CT molecular complexity index is 541. The van der Waals surface area contributed by atoms with Crippen LogP contribution in [0.3, 0.4) is 0 Å². The summed E-state index contributed by atoms with van der Waals surface area (Å²) in [6, 6.07) is 8.26. The first-order valence-electron chi connectivity index (χ1n) is 7.03. The highest BCUT2D eigenvalue weighted by molar-refractivity contribution is 5.71. The molecule has 0 saturated heterocycles. The van der Waals surface area contributed by atoms with Gasteiger partial charge in [0.1, 0.15) is 0 Å². The van der Waals surface area contributed by atoms with Crippen molar-refractivity contribution in [3.63, 3.8) is 0 Å². The summed E-state index contributed by atoms with van der Waals surface area (Å²) in [5, 5.41) is 14.4. The molecule has 0 aliphatic carbocycles. The molecule has 0 spiro atoms. The lowest BCUT2D eigenvalue weighted by molar-refractivity contribution is 0.439.